The molecular weight excluding hydrogens is 248 g/mol. The van der Waals surface area contributed by atoms with E-state index in [9.17, 15) is 10.1 Å². The van der Waals surface area contributed by atoms with E-state index in [1.807, 2.05) is 24.3 Å². The number of amides is 1. The molecule has 106 valence electrons. The second-order valence-electron chi connectivity index (χ2n) is 5.95. The van der Waals surface area contributed by atoms with Gasteiger partial charge >= 0.3 is 0 Å². The highest BCUT2D eigenvalue weighted by Crippen LogP contribution is 2.37. The molecule has 0 saturated heterocycles. The Labute approximate surface area is 121 Å². The molecule has 1 saturated carbocycles. The number of carbonyl (C=O) groups is 1. The third kappa shape index (κ3) is 2.85. The standard InChI is InChI=1S/C17H22N2O/c1-13(2)14-8-4-5-9-15(14)19-16(20)17(12-18)10-6-3-7-11-17/h4-5,8-9,13H,3,6-7,10-11H2,1-2H3,(H,19,20). The van der Waals surface area contributed by atoms with Crippen LogP contribution >= 0.6 is 0 Å². The summed E-state index contributed by atoms with van der Waals surface area (Å²) >= 11 is 0. The third-order valence-electron chi connectivity index (χ3n) is 4.19. The quantitative estimate of drug-likeness (QED) is 0.893. The highest BCUT2D eigenvalue weighted by Gasteiger charge is 2.40. The molecule has 0 aromatic heterocycles. The predicted octanol–water partition coefficient (Wildman–Crippen LogP) is 4.22. The van der Waals surface area contributed by atoms with Gasteiger partial charge in [0.05, 0.1) is 6.07 Å². The van der Waals surface area contributed by atoms with Gasteiger partial charge < -0.3 is 5.32 Å². The average Bonchev–Trinajstić information content (AvgIpc) is 2.48. The summed E-state index contributed by atoms with van der Waals surface area (Å²) in [5.74, 6) is 0.212. The first kappa shape index (κ1) is 14.6. The smallest absolute Gasteiger partial charge is 0.244 e. The molecular formula is C17H22N2O. The van der Waals surface area contributed by atoms with Gasteiger partial charge in [0, 0.05) is 5.69 Å². The van der Waals surface area contributed by atoms with Crippen molar-refractivity contribution in [2.75, 3.05) is 5.32 Å². The lowest BCUT2D eigenvalue weighted by Crippen LogP contribution is -2.37. The van der Waals surface area contributed by atoms with E-state index in [4.69, 9.17) is 0 Å². The highest BCUT2D eigenvalue weighted by molar-refractivity contribution is 5.97. The Morgan fingerprint density at radius 3 is 2.50 bits per heavy atom. The molecule has 1 fully saturated rings. The van der Waals surface area contributed by atoms with Gasteiger partial charge in [0.25, 0.3) is 0 Å². The molecule has 1 aliphatic carbocycles. The Bertz CT molecular complexity index is 522. The van der Waals surface area contributed by atoms with E-state index in [0.29, 0.717) is 18.8 Å². The molecule has 2 rings (SSSR count). The summed E-state index contributed by atoms with van der Waals surface area (Å²) in [5, 5.41) is 12.4. The first-order chi connectivity index (χ1) is 9.59. The number of hydrogen-bond donors (Lipinski definition) is 1. The molecule has 0 radical (unpaired) electrons. The van der Waals surface area contributed by atoms with Crippen molar-refractivity contribution in [3.05, 3.63) is 29.8 Å². The predicted molar refractivity (Wildman–Crippen MR) is 80.3 cm³/mol. The van der Waals surface area contributed by atoms with Crippen molar-refractivity contribution in [2.24, 2.45) is 5.41 Å². The van der Waals surface area contributed by atoms with E-state index in [1.54, 1.807) is 0 Å². The van der Waals surface area contributed by atoms with Crippen LogP contribution in [0.1, 0.15) is 57.4 Å². The molecule has 20 heavy (non-hydrogen) atoms. The van der Waals surface area contributed by atoms with Crippen molar-refractivity contribution in [2.45, 2.75) is 51.9 Å². The fraction of sp³-hybridized carbons (Fsp3) is 0.529. The zero-order valence-corrected chi connectivity index (χ0v) is 12.3. The number of hydrogen-bond acceptors (Lipinski definition) is 2. The van der Waals surface area contributed by atoms with Crippen LogP contribution in [-0.4, -0.2) is 5.91 Å². The van der Waals surface area contributed by atoms with Crippen molar-refractivity contribution >= 4 is 11.6 Å². The van der Waals surface area contributed by atoms with Gasteiger partial charge in [-0.1, -0.05) is 51.3 Å². The normalized spacial score (nSPS) is 17.5. The minimum absolute atomic E-state index is 0.132. The van der Waals surface area contributed by atoms with Crippen LogP contribution in [0.5, 0.6) is 0 Å². The van der Waals surface area contributed by atoms with E-state index in [1.165, 1.54) is 0 Å². The molecule has 1 amide bonds. The molecule has 0 unspecified atom stereocenters. The summed E-state index contributed by atoms with van der Waals surface area (Å²) < 4.78 is 0. The van der Waals surface area contributed by atoms with E-state index in [-0.39, 0.29) is 5.91 Å². The van der Waals surface area contributed by atoms with Crippen LogP contribution in [-0.2, 0) is 4.79 Å². The SMILES string of the molecule is CC(C)c1ccccc1NC(=O)C1(C#N)CCCCC1. The van der Waals surface area contributed by atoms with Crippen LogP contribution in [0.2, 0.25) is 0 Å². The lowest BCUT2D eigenvalue weighted by atomic mass is 9.74. The van der Waals surface area contributed by atoms with Gasteiger partial charge in [-0.25, -0.2) is 0 Å². The number of para-hydroxylation sites is 1. The van der Waals surface area contributed by atoms with Gasteiger partial charge in [0.15, 0.2) is 0 Å². The van der Waals surface area contributed by atoms with Crippen LogP contribution in [0.15, 0.2) is 24.3 Å². The van der Waals surface area contributed by atoms with E-state index >= 15 is 0 Å². The van der Waals surface area contributed by atoms with Crippen molar-refractivity contribution in [1.29, 1.82) is 5.26 Å². The number of anilines is 1. The zero-order chi connectivity index (χ0) is 14.6. The Hall–Kier alpha value is -1.82. The number of rotatable bonds is 3. The Kier molecular flexibility index (Phi) is 4.44. The minimum Gasteiger partial charge on any atom is -0.324 e. The lowest BCUT2D eigenvalue weighted by molar-refractivity contribution is -0.124. The number of nitrogens with one attached hydrogen (secondary N) is 1. The van der Waals surface area contributed by atoms with Crippen molar-refractivity contribution in [1.82, 2.24) is 0 Å². The van der Waals surface area contributed by atoms with Gasteiger partial charge in [-0.2, -0.15) is 5.26 Å². The lowest BCUT2D eigenvalue weighted by Gasteiger charge is -2.29. The molecule has 0 aliphatic heterocycles. The summed E-state index contributed by atoms with van der Waals surface area (Å²) in [7, 11) is 0. The number of carbonyl (C=O) groups excluding carboxylic acids is 1. The fourth-order valence-electron chi connectivity index (χ4n) is 2.90. The molecule has 1 N–H and O–H groups in total. The monoisotopic (exact) mass is 270 g/mol. The van der Waals surface area contributed by atoms with Crippen LogP contribution in [0.3, 0.4) is 0 Å². The van der Waals surface area contributed by atoms with Gasteiger partial charge in [0.2, 0.25) is 5.91 Å². The van der Waals surface area contributed by atoms with Gasteiger partial charge in [-0.15, -0.1) is 0 Å². The number of benzene rings is 1. The maximum atomic E-state index is 12.6. The molecule has 1 aromatic carbocycles. The molecule has 1 aliphatic rings. The fourth-order valence-corrected chi connectivity index (χ4v) is 2.90. The molecule has 0 heterocycles. The van der Waals surface area contributed by atoms with Crippen LogP contribution < -0.4 is 5.32 Å². The number of nitriles is 1. The van der Waals surface area contributed by atoms with Crippen molar-refractivity contribution in [3.8, 4) is 6.07 Å². The number of nitrogens with zero attached hydrogens (tertiary/aromatic N) is 1. The summed E-state index contributed by atoms with van der Waals surface area (Å²) in [5.41, 5.74) is 1.12. The maximum absolute atomic E-state index is 12.6. The minimum atomic E-state index is -0.831. The highest BCUT2D eigenvalue weighted by atomic mass is 16.2. The molecule has 0 bridgehead atoms. The largest absolute Gasteiger partial charge is 0.324 e. The van der Waals surface area contributed by atoms with Gasteiger partial charge in [-0.3, -0.25) is 4.79 Å². The Morgan fingerprint density at radius 1 is 1.25 bits per heavy atom. The van der Waals surface area contributed by atoms with Gasteiger partial charge in [0.1, 0.15) is 5.41 Å². The molecule has 1 aromatic rings. The molecule has 0 spiro atoms. The van der Waals surface area contributed by atoms with Crippen LogP contribution in [0.4, 0.5) is 5.69 Å². The average molecular weight is 270 g/mol. The summed E-state index contributed by atoms with van der Waals surface area (Å²) in [6, 6.07) is 10.1. The van der Waals surface area contributed by atoms with E-state index in [0.717, 1.165) is 30.5 Å². The zero-order valence-electron chi connectivity index (χ0n) is 12.3. The second-order valence-corrected chi connectivity index (χ2v) is 5.95. The molecule has 3 heteroatoms. The summed E-state index contributed by atoms with van der Waals surface area (Å²) in [6.07, 6.45) is 4.41. The topological polar surface area (TPSA) is 52.9 Å². The summed E-state index contributed by atoms with van der Waals surface area (Å²) in [6.45, 7) is 4.21. The van der Waals surface area contributed by atoms with Gasteiger partial charge in [-0.05, 0) is 30.4 Å². The second kappa shape index (κ2) is 6.09. The first-order valence-electron chi connectivity index (χ1n) is 7.41. The molecule has 0 atom stereocenters. The first-order valence-corrected chi connectivity index (χ1v) is 7.41. The molecule has 3 nitrogen and oxygen atoms in total. The third-order valence-corrected chi connectivity index (χ3v) is 4.19. The van der Waals surface area contributed by atoms with Crippen molar-refractivity contribution in [3.63, 3.8) is 0 Å². The maximum Gasteiger partial charge on any atom is 0.244 e. The van der Waals surface area contributed by atoms with E-state index in [2.05, 4.69) is 25.2 Å². The van der Waals surface area contributed by atoms with Crippen LogP contribution in [0, 0.1) is 16.7 Å². The van der Waals surface area contributed by atoms with E-state index < -0.39 is 5.41 Å². The van der Waals surface area contributed by atoms with Crippen LogP contribution in [0.25, 0.3) is 0 Å². The Morgan fingerprint density at radius 2 is 1.90 bits per heavy atom. The van der Waals surface area contributed by atoms with Crippen molar-refractivity contribution < 1.29 is 4.79 Å². The summed E-state index contributed by atoms with van der Waals surface area (Å²) in [4.78, 5) is 12.6. The Balaban J connectivity index is 2.21.